The standard InChI is InChI=1S/2C7H14N2.C7H16N2/c2*1-3-6-4-5(2)9-7(6)8;1-3-7(5-8)4-6(2)9/h2*5-6H,3-4H2,1-2H3,(H2,8,9);5-8H,3-4,9H2,1-2H3. The van der Waals surface area contributed by atoms with E-state index in [4.69, 9.17) is 22.6 Å². The molecule has 0 aromatic carbocycles. The Kier molecular flexibility index (Phi) is 13.0. The number of rotatable bonds is 6. The van der Waals surface area contributed by atoms with Gasteiger partial charge in [0.15, 0.2) is 0 Å². The largest absolute Gasteiger partial charge is 0.387 e. The van der Waals surface area contributed by atoms with E-state index in [-0.39, 0.29) is 6.04 Å². The summed E-state index contributed by atoms with van der Waals surface area (Å²) in [7, 11) is 0. The molecule has 2 aliphatic rings. The fourth-order valence-electron chi connectivity index (χ4n) is 3.47. The first kappa shape index (κ1) is 25.6. The first-order valence-corrected chi connectivity index (χ1v) is 10.6. The highest BCUT2D eigenvalue weighted by molar-refractivity contribution is 5.85. The minimum Gasteiger partial charge on any atom is -0.387 e. The molecule has 6 unspecified atom stereocenters. The molecular weight excluding hydrogens is 336 g/mol. The topological polar surface area (TPSA) is 127 Å². The summed E-state index contributed by atoms with van der Waals surface area (Å²) in [6, 6.07) is 1.17. The maximum absolute atomic E-state index is 6.97. The van der Waals surface area contributed by atoms with Crippen LogP contribution < -0.4 is 17.2 Å². The van der Waals surface area contributed by atoms with E-state index >= 15 is 0 Å². The van der Waals surface area contributed by atoms with Crippen molar-refractivity contribution in [3.8, 4) is 0 Å². The smallest absolute Gasteiger partial charge is 0.0972 e. The summed E-state index contributed by atoms with van der Waals surface area (Å²) in [6.45, 7) is 12.6. The van der Waals surface area contributed by atoms with Crippen molar-refractivity contribution < 1.29 is 0 Å². The van der Waals surface area contributed by atoms with Crippen LogP contribution in [0.1, 0.15) is 80.1 Å². The third-order valence-corrected chi connectivity index (χ3v) is 5.25. The molecule has 0 spiro atoms. The number of amidine groups is 2. The Balaban J connectivity index is 0.000000376. The molecule has 158 valence electrons. The molecule has 0 radical (unpaired) electrons. The number of hydrogen-bond donors (Lipinski definition) is 4. The van der Waals surface area contributed by atoms with Gasteiger partial charge in [0.05, 0.1) is 11.7 Å². The fraction of sp³-hybridized carbons (Fsp3) is 0.857. The second kappa shape index (κ2) is 13.7. The van der Waals surface area contributed by atoms with Gasteiger partial charge in [-0.1, -0.05) is 20.8 Å². The Hall–Kier alpha value is -1.43. The van der Waals surface area contributed by atoms with Gasteiger partial charge in [-0.25, -0.2) is 0 Å². The molecule has 0 saturated heterocycles. The summed E-state index contributed by atoms with van der Waals surface area (Å²) < 4.78 is 0. The average molecular weight is 381 g/mol. The van der Waals surface area contributed by atoms with Crippen LogP contribution in [0.15, 0.2) is 9.98 Å². The SMILES string of the molecule is CCC(C=N)CC(C)N.CCC1CC(C)N=C1N.CCC1CC(C)N=C1N. The van der Waals surface area contributed by atoms with E-state index in [0.29, 0.717) is 29.8 Å². The summed E-state index contributed by atoms with van der Waals surface area (Å²) in [5, 5.41) is 6.97. The molecule has 2 aliphatic heterocycles. The molecule has 6 atom stereocenters. The van der Waals surface area contributed by atoms with E-state index in [1.165, 1.54) is 6.21 Å². The van der Waals surface area contributed by atoms with Gasteiger partial charge in [0.1, 0.15) is 0 Å². The van der Waals surface area contributed by atoms with Crippen LogP contribution in [-0.2, 0) is 0 Å². The van der Waals surface area contributed by atoms with Crippen LogP contribution in [-0.4, -0.2) is 36.0 Å². The fourth-order valence-corrected chi connectivity index (χ4v) is 3.47. The van der Waals surface area contributed by atoms with Crippen LogP contribution in [0, 0.1) is 23.2 Å². The van der Waals surface area contributed by atoms with Crippen LogP contribution in [0.25, 0.3) is 0 Å². The first-order valence-electron chi connectivity index (χ1n) is 10.6. The van der Waals surface area contributed by atoms with Gasteiger partial charge in [0, 0.05) is 30.0 Å². The van der Waals surface area contributed by atoms with Crippen molar-refractivity contribution in [3.05, 3.63) is 0 Å². The molecule has 2 heterocycles. The van der Waals surface area contributed by atoms with Crippen molar-refractivity contribution in [2.75, 3.05) is 0 Å². The number of nitrogens with two attached hydrogens (primary N) is 3. The van der Waals surface area contributed by atoms with Crippen LogP contribution in [0.3, 0.4) is 0 Å². The van der Waals surface area contributed by atoms with Crippen LogP contribution in [0.2, 0.25) is 0 Å². The summed E-state index contributed by atoms with van der Waals surface area (Å²) >= 11 is 0. The summed E-state index contributed by atoms with van der Waals surface area (Å²) in [5.74, 6) is 3.26. The molecule has 0 bridgehead atoms. The predicted octanol–water partition coefficient (Wildman–Crippen LogP) is 3.72. The Morgan fingerprint density at radius 3 is 1.52 bits per heavy atom. The summed E-state index contributed by atoms with van der Waals surface area (Å²) in [4.78, 5) is 8.47. The van der Waals surface area contributed by atoms with Crippen LogP contribution in [0.4, 0.5) is 0 Å². The van der Waals surface area contributed by atoms with Gasteiger partial charge in [-0.05, 0) is 71.4 Å². The molecule has 6 nitrogen and oxygen atoms in total. The monoisotopic (exact) mass is 380 g/mol. The zero-order chi connectivity index (χ0) is 21.0. The zero-order valence-electron chi connectivity index (χ0n) is 18.4. The maximum Gasteiger partial charge on any atom is 0.0972 e. The number of nitrogens with one attached hydrogen (secondary N) is 1. The van der Waals surface area contributed by atoms with Crippen molar-refractivity contribution in [1.29, 1.82) is 5.41 Å². The van der Waals surface area contributed by atoms with E-state index < -0.39 is 0 Å². The molecule has 0 aromatic rings. The highest BCUT2D eigenvalue weighted by Gasteiger charge is 2.21. The lowest BCUT2D eigenvalue weighted by molar-refractivity contribution is 0.544. The minimum atomic E-state index is 0.233. The van der Waals surface area contributed by atoms with Crippen LogP contribution in [0.5, 0.6) is 0 Å². The molecule has 0 fully saturated rings. The number of aliphatic imine (C=N–C) groups is 2. The highest BCUT2D eigenvalue weighted by atomic mass is 14.9. The molecule has 7 N–H and O–H groups in total. The second-order valence-corrected chi connectivity index (χ2v) is 8.04. The molecule has 0 aromatic heterocycles. The summed E-state index contributed by atoms with van der Waals surface area (Å²) in [6.07, 6.45) is 8.05. The lowest BCUT2D eigenvalue weighted by Gasteiger charge is -2.10. The van der Waals surface area contributed by atoms with E-state index in [1.807, 2.05) is 6.92 Å². The van der Waals surface area contributed by atoms with Gasteiger partial charge in [0.2, 0.25) is 0 Å². The summed E-state index contributed by atoms with van der Waals surface area (Å²) in [5.41, 5.74) is 16.8. The van der Waals surface area contributed by atoms with Gasteiger partial charge < -0.3 is 22.6 Å². The molecular formula is C21H44N6. The van der Waals surface area contributed by atoms with Crippen molar-refractivity contribution in [1.82, 2.24) is 0 Å². The Morgan fingerprint density at radius 1 is 1.00 bits per heavy atom. The predicted molar refractivity (Wildman–Crippen MR) is 120 cm³/mol. The number of nitrogens with zero attached hydrogens (tertiary/aromatic N) is 2. The first-order chi connectivity index (χ1) is 12.7. The van der Waals surface area contributed by atoms with Gasteiger partial charge in [-0.2, -0.15) is 0 Å². The molecule has 0 aliphatic carbocycles. The lowest BCUT2D eigenvalue weighted by Crippen LogP contribution is -2.19. The van der Waals surface area contributed by atoms with Gasteiger partial charge >= 0.3 is 0 Å². The van der Waals surface area contributed by atoms with Crippen molar-refractivity contribution in [3.63, 3.8) is 0 Å². The molecule has 2 rings (SSSR count). The van der Waals surface area contributed by atoms with Gasteiger partial charge in [-0.3, -0.25) is 9.98 Å². The van der Waals surface area contributed by atoms with E-state index in [2.05, 4.69) is 44.6 Å². The maximum atomic E-state index is 6.97. The van der Waals surface area contributed by atoms with E-state index in [1.54, 1.807) is 0 Å². The minimum absolute atomic E-state index is 0.233. The van der Waals surface area contributed by atoms with Crippen molar-refractivity contribution in [2.24, 2.45) is 44.9 Å². The molecule has 27 heavy (non-hydrogen) atoms. The van der Waals surface area contributed by atoms with E-state index in [0.717, 1.165) is 50.2 Å². The molecule has 0 saturated carbocycles. The molecule has 0 amide bonds. The number of hydrogen-bond acceptors (Lipinski definition) is 6. The third kappa shape index (κ3) is 10.5. The second-order valence-electron chi connectivity index (χ2n) is 8.04. The molecule has 6 heteroatoms. The Labute approximate surface area is 167 Å². The van der Waals surface area contributed by atoms with Crippen molar-refractivity contribution >= 4 is 17.9 Å². The van der Waals surface area contributed by atoms with Crippen LogP contribution >= 0.6 is 0 Å². The zero-order valence-corrected chi connectivity index (χ0v) is 18.4. The normalized spacial score (nSPS) is 28.7. The third-order valence-electron chi connectivity index (χ3n) is 5.25. The Morgan fingerprint density at radius 2 is 1.41 bits per heavy atom. The quantitative estimate of drug-likeness (QED) is 0.524. The average Bonchev–Trinajstić information content (AvgIpc) is 3.12. The lowest BCUT2D eigenvalue weighted by atomic mass is 10.0. The highest BCUT2D eigenvalue weighted by Crippen LogP contribution is 2.20. The van der Waals surface area contributed by atoms with Gasteiger partial charge in [-0.15, -0.1) is 0 Å². The van der Waals surface area contributed by atoms with Crippen molar-refractivity contribution in [2.45, 2.75) is 98.2 Å². The Bertz CT molecular complexity index is 439. The van der Waals surface area contributed by atoms with Gasteiger partial charge in [0.25, 0.3) is 0 Å². The van der Waals surface area contributed by atoms with E-state index in [9.17, 15) is 0 Å².